The molecule has 0 unspecified atom stereocenters. The number of benzene rings is 1. The van der Waals surface area contributed by atoms with E-state index >= 15 is 0 Å². The topological polar surface area (TPSA) is 70.2 Å². The van der Waals surface area contributed by atoms with Gasteiger partial charge in [-0.2, -0.15) is 13.2 Å². The van der Waals surface area contributed by atoms with Gasteiger partial charge in [0, 0.05) is 30.8 Å². The van der Waals surface area contributed by atoms with E-state index in [2.05, 4.69) is 16.0 Å². The Balaban J connectivity index is 2.24. The summed E-state index contributed by atoms with van der Waals surface area (Å²) in [5.74, 6) is -1.09. The van der Waals surface area contributed by atoms with Gasteiger partial charge in [-0.15, -0.1) is 0 Å². The number of carbonyl (C=O) groups excluding carboxylic acids is 2. The van der Waals surface area contributed by atoms with E-state index in [0.29, 0.717) is 6.54 Å². The second-order valence-corrected chi connectivity index (χ2v) is 5.49. The van der Waals surface area contributed by atoms with Gasteiger partial charge in [0.1, 0.15) is 0 Å². The van der Waals surface area contributed by atoms with E-state index in [1.54, 1.807) is 0 Å². The molecule has 126 valence electrons. The first-order valence-electron chi connectivity index (χ1n) is 7.27. The fourth-order valence-corrected chi connectivity index (χ4v) is 2.44. The van der Waals surface area contributed by atoms with Crippen molar-refractivity contribution < 1.29 is 22.8 Å². The SMILES string of the molecule is CC(=O)Nc1cc(C(=O)N[C@H]2CCCNC2)cc(C(F)(F)F)c1. The lowest BCUT2D eigenvalue weighted by Crippen LogP contribution is -2.45. The van der Waals surface area contributed by atoms with Crippen LogP contribution in [-0.2, 0) is 11.0 Å². The summed E-state index contributed by atoms with van der Waals surface area (Å²) in [6, 6.07) is 2.72. The maximum absolute atomic E-state index is 13.0. The Morgan fingerprint density at radius 1 is 1.26 bits per heavy atom. The van der Waals surface area contributed by atoms with Crippen LogP contribution in [0.5, 0.6) is 0 Å². The molecular weight excluding hydrogens is 311 g/mol. The minimum absolute atomic E-state index is 0.0563. The van der Waals surface area contributed by atoms with Crippen molar-refractivity contribution in [3.8, 4) is 0 Å². The van der Waals surface area contributed by atoms with Gasteiger partial charge in [0.05, 0.1) is 5.56 Å². The number of amides is 2. The maximum Gasteiger partial charge on any atom is 0.416 e. The molecule has 1 fully saturated rings. The molecule has 1 aliphatic rings. The third-order valence-corrected chi connectivity index (χ3v) is 3.47. The molecule has 2 rings (SSSR count). The molecule has 2 amide bonds. The van der Waals surface area contributed by atoms with Crippen LogP contribution in [0.1, 0.15) is 35.7 Å². The van der Waals surface area contributed by atoms with Crippen LogP contribution < -0.4 is 16.0 Å². The molecule has 23 heavy (non-hydrogen) atoms. The molecule has 0 aromatic heterocycles. The number of alkyl halides is 3. The summed E-state index contributed by atoms with van der Waals surface area (Å²) in [6.45, 7) is 2.64. The van der Waals surface area contributed by atoms with E-state index in [9.17, 15) is 22.8 Å². The average Bonchev–Trinajstić information content (AvgIpc) is 2.46. The number of anilines is 1. The Bertz CT molecular complexity index is 596. The standard InChI is InChI=1S/C15H18F3N3O2/c1-9(22)20-13-6-10(5-11(7-13)15(16,17)18)14(23)21-12-3-2-4-19-8-12/h5-7,12,19H,2-4,8H2,1H3,(H,20,22)(H,21,23)/t12-/m0/s1. The third kappa shape index (κ3) is 4.95. The van der Waals surface area contributed by atoms with Crippen LogP contribution in [0.4, 0.5) is 18.9 Å². The lowest BCUT2D eigenvalue weighted by atomic mass is 10.0. The zero-order valence-electron chi connectivity index (χ0n) is 12.6. The van der Waals surface area contributed by atoms with Crippen LogP contribution in [0.3, 0.4) is 0 Å². The van der Waals surface area contributed by atoms with E-state index in [1.807, 2.05) is 0 Å². The largest absolute Gasteiger partial charge is 0.416 e. The van der Waals surface area contributed by atoms with Gasteiger partial charge in [-0.1, -0.05) is 0 Å². The van der Waals surface area contributed by atoms with Crippen LogP contribution in [0.2, 0.25) is 0 Å². The normalized spacial score (nSPS) is 18.3. The average molecular weight is 329 g/mol. The van der Waals surface area contributed by atoms with Gasteiger partial charge in [0.2, 0.25) is 5.91 Å². The smallest absolute Gasteiger partial charge is 0.348 e. The summed E-state index contributed by atoms with van der Waals surface area (Å²) in [7, 11) is 0. The molecule has 1 atom stereocenters. The molecular formula is C15H18F3N3O2. The summed E-state index contributed by atoms with van der Waals surface area (Å²) in [5.41, 5.74) is -1.16. The molecule has 3 N–H and O–H groups in total. The van der Waals surface area contributed by atoms with Gasteiger partial charge in [-0.25, -0.2) is 0 Å². The predicted molar refractivity (Wildman–Crippen MR) is 79.1 cm³/mol. The second kappa shape index (κ2) is 6.99. The predicted octanol–water partition coefficient (Wildman–Crippen LogP) is 2.15. The van der Waals surface area contributed by atoms with E-state index in [1.165, 1.54) is 13.0 Å². The van der Waals surface area contributed by atoms with Crippen molar-refractivity contribution in [2.45, 2.75) is 32.0 Å². The lowest BCUT2D eigenvalue weighted by Gasteiger charge is -2.24. The summed E-state index contributed by atoms with van der Waals surface area (Å²) < 4.78 is 38.9. The van der Waals surface area contributed by atoms with Crippen molar-refractivity contribution in [1.82, 2.24) is 10.6 Å². The Hall–Kier alpha value is -2.09. The van der Waals surface area contributed by atoms with Gasteiger partial charge >= 0.3 is 6.18 Å². The summed E-state index contributed by atoms with van der Waals surface area (Å²) in [4.78, 5) is 23.3. The first-order valence-corrected chi connectivity index (χ1v) is 7.27. The van der Waals surface area contributed by atoms with Crippen molar-refractivity contribution in [2.75, 3.05) is 18.4 Å². The molecule has 0 spiro atoms. The summed E-state index contributed by atoms with van der Waals surface area (Å²) >= 11 is 0. The highest BCUT2D eigenvalue weighted by molar-refractivity contribution is 5.97. The zero-order chi connectivity index (χ0) is 17.0. The minimum Gasteiger partial charge on any atom is -0.348 e. The van der Waals surface area contributed by atoms with Gasteiger partial charge in [-0.3, -0.25) is 9.59 Å². The Labute approximate surface area is 131 Å². The van der Waals surface area contributed by atoms with Gasteiger partial charge < -0.3 is 16.0 Å². The van der Waals surface area contributed by atoms with Crippen molar-refractivity contribution in [2.24, 2.45) is 0 Å². The highest BCUT2D eigenvalue weighted by Gasteiger charge is 2.32. The van der Waals surface area contributed by atoms with Gasteiger partial charge in [0.25, 0.3) is 5.91 Å². The quantitative estimate of drug-likeness (QED) is 0.796. The number of halogens is 3. The summed E-state index contributed by atoms with van der Waals surface area (Å²) in [6.07, 6.45) is -2.93. The maximum atomic E-state index is 13.0. The molecule has 1 saturated heterocycles. The minimum atomic E-state index is -4.60. The first-order chi connectivity index (χ1) is 10.8. The van der Waals surface area contributed by atoms with Crippen molar-refractivity contribution in [1.29, 1.82) is 0 Å². The first kappa shape index (κ1) is 17.3. The van der Waals surface area contributed by atoms with E-state index in [-0.39, 0.29) is 17.3 Å². The number of rotatable bonds is 3. The summed E-state index contributed by atoms with van der Waals surface area (Å²) in [5, 5.41) is 8.11. The van der Waals surface area contributed by atoms with Crippen molar-refractivity contribution in [3.63, 3.8) is 0 Å². The van der Waals surface area contributed by atoms with Crippen LogP contribution >= 0.6 is 0 Å². The number of carbonyl (C=O) groups is 2. The fraction of sp³-hybridized carbons (Fsp3) is 0.467. The van der Waals surface area contributed by atoms with Crippen LogP contribution in [0.25, 0.3) is 0 Å². The molecule has 1 aromatic carbocycles. The third-order valence-electron chi connectivity index (χ3n) is 3.47. The van der Waals surface area contributed by atoms with Crippen LogP contribution in [0, 0.1) is 0 Å². The molecule has 5 nitrogen and oxygen atoms in total. The molecule has 0 radical (unpaired) electrons. The van der Waals surface area contributed by atoms with Gasteiger partial charge in [-0.05, 0) is 37.6 Å². The number of piperidine rings is 1. The molecule has 0 aliphatic carbocycles. The molecule has 1 aliphatic heterocycles. The molecule has 8 heteroatoms. The highest BCUT2D eigenvalue weighted by Crippen LogP contribution is 2.32. The lowest BCUT2D eigenvalue weighted by molar-refractivity contribution is -0.137. The molecule has 1 aromatic rings. The molecule has 1 heterocycles. The highest BCUT2D eigenvalue weighted by atomic mass is 19.4. The Morgan fingerprint density at radius 3 is 2.57 bits per heavy atom. The van der Waals surface area contributed by atoms with E-state index in [0.717, 1.165) is 31.5 Å². The second-order valence-electron chi connectivity index (χ2n) is 5.49. The molecule has 0 bridgehead atoms. The monoisotopic (exact) mass is 329 g/mol. The molecule has 0 saturated carbocycles. The van der Waals surface area contributed by atoms with E-state index < -0.39 is 23.6 Å². The van der Waals surface area contributed by atoms with Crippen molar-refractivity contribution >= 4 is 17.5 Å². The zero-order valence-corrected chi connectivity index (χ0v) is 12.6. The number of nitrogens with one attached hydrogen (secondary N) is 3. The van der Waals surface area contributed by atoms with E-state index in [4.69, 9.17) is 0 Å². The number of hydrogen-bond donors (Lipinski definition) is 3. The number of hydrogen-bond acceptors (Lipinski definition) is 3. The Kier molecular flexibility index (Phi) is 5.25. The fourth-order valence-electron chi connectivity index (χ4n) is 2.44. The Morgan fingerprint density at radius 2 is 2.00 bits per heavy atom. The van der Waals surface area contributed by atoms with Crippen LogP contribution in [0.15, 0.2) is 18.2 Å². The van der Waals surface area contributed by atoms with Crippen LogP contribution in [-0.4, -0.2) is 30.9 Å². The van der Waals surface area contributed by atoms with Crippen molar-refractivity contribution in [3.05, 3.63) is 29.3 Å². The van der Waals surface area contributed by atoms with Gasteiger partial charge in [0.15, 0.2) is 0 Å².